The first-order chi connectivity index (χ1) is 8.04. The Kier molecular flexibility index (Phi) is 5.62. The van der Waals surface area contributed by atoms with E-state index < -0.39 is 12.2 Å². The molecule has 0 saturated carbocycles. The molecule has 3 unspecified atom stereocenters. The minimum Gasteiger partial charge on any atom is -0.392 e. The van der Waals surface area contributed by atoms with E-state index in [9.17, 15) is 10.2 Å². The lowest BCUT2D eigenvalue weighted by atomic mass is 9.99. The molecule has 0 heterocycles. The van der Waals surface area contributed by atoms with Gasteiger partial charge in [-0.1, -0.05) is 36.8 Å². The second-order valence-corrected chi connectivity index (χ2v) is 4.63. The lowest BCUT2D eigenvalue weighted by molar-refractivity contribution is 0.112. The topological polar surface area (TPSA) is 52.5 Å². The van der Waals surface area contributed by atoms with Gasteiger partial charge in [-0.3, -0.25) is 0 Å². The first kappa shape index (κ1) is 14.2. The first-order valence-electron chi connectivity index (χ1n) is 6.20. The van der Waals surface area contributed by atoms with Crippen molar-refractivity contribution in [2.45, 2.75) is 45.4 Å². The van der Waals surface area contributed by atoms with E-state index in [0.717, 1.165) is 12.0 Å². The highest BCUT2D eigenvalue weighted by molar-refractivity contribution is 5.24. The van der Waals surface area contributed by atoms with Crippen molar-refractivity contribution >= 4 is 0 Å². The fourth-order valence-electron chi connectivity index (χ4n) is 1.80. The molecule has 3 N–H and O–H groups in total. The normalized spacial score (nSPS) is 16.5. The summed E-state index contributed by atoms with van der Waals surface area (Å²) in [7, 11) is 0. The van der Waals surface area contributed by atoms with Crippen molar-refractivity contribution in [1.82, 2.24) is 5.32 Å². The third-order valence-electron chi connectivity index (χ3n) is 2.92. The molecule has 0 aliphatic carbocycles. The molecular weight excluding hydrogens is 214 g/mol. The Bertz CT molecular complexity index is 321. The number of aryl methyl sites for hydroxylation is 1. The maximum Gasteiger partial charge on any atom is 0.0942 e. The van der Waals surface area contributed by atoms with Crippen LogP contribution in [0.1, 0.15) is 37.5 Å². The molecule has 3 nitrogen and oxygen atoms in total. The lowest BCUT2D eigenvalue weighted by Gasteiger charge is -2.24. The first-order valence-corrected chi connectivity index (χ1v) is 6.20. The summed E-state index contributed by atoms with van der Waals surface area (Å²) in [4.78, 5) is 0. The van der Waals surface area contributed by atoms with Crippen LogP contribution in [0.5, 0.6) is 0 Å². The zero-order chi connectivity index (χ0) is 12.8. The minimum atomic E-state index is -0.528. The second-order valence-electron chi connectivity index (χ2n) is 4.63. The molecule has 0 spiro atoms. The summed E-state index contributed by atoms with van der Waals surface area (Å²) >= 11 is 0. The third-order valence-corrected chi connectivity index (χ3v) is 2.92. The van der Waals surface area contributed by atoms with E-state index >= 15 is 0 Å². The van der Waals surface area contributed by atoms with Crippen LogP contribution >= 0.6 is 0 Å². The fourth-order valence-corrected chi connectivity index (χ4v) is 1.80. The minimum absolute atomic E-state index is 0.0210. The van der Waals surface area contributed by atoms with Crippen LogP contribution in [0.15, 0.2) is 24.3 Å². The van der Waals surface area contributed by atoms with Crippen LogP contribution < -0.4 is 5.32 Å². The fraction of sp³-hybridized carbons (Fsp3) is 0.571. The summed E-state index contributed by atoms with van der Waals surface area (Å²) in [6.07, 6.45) is -0.101. The molecule has 3 atom stereocenters. The van der Waals surface area contributed by atoms with Gasteiger partial charge in [0, 0.05) is 12.6 Å². The predicted molar refractivity (Wildman–Crippen MR) is 69.9 cm³/mol. The summed E-state index contributed by atoms with van der Waals surface area (Å²) < 4.78 is 0. The maximum absolute atomic E-state index is 10.2. The maximum atomic E-state index is 10.2. The molecule has 0 aliphatic heterocycles. The summed E-state index contributed by atoms with van der Waals surface area (Å²) in [5.74, 6) is 0. The molecule has 96 valence electrons. The molecule has 1 aromatic carbocycles. The molecule has 0 saturated heterocycles. The van der Waals surface area contributed by atoms with Crippen molar-refractivity contribution in [3.8, 4) is 0 Å². The van der Waals surface area contributed by atoms with Crippen LogP contribution in [0.2, 0.25) is 0 Å². The molecular formula is C14H23NO2. The van der Waals surface area contributed by atoms with Crippen molar-refractivity contribution < 1.29 is 10.2 Å². The standard InChI is InChI=1S/C14H23NO2/c1-4-13(15-9-11(3)16)14(17)12-7-5-10(2)6-8-12/h5-8,11,13-17H,4,9H2,1-3H3. The highest BCUT2D eigenvalue weighted by Gasteiger charge is 2.18. The quantitative estimate of drug-likeness (QED) is 0.707. The summed E-state index contributed by atoms with van der Waals surface area (Å²) in [5.41, 5.74) is 2.10. The third kappa shape index (κ3) is 4.46. The molecule has 0 aromatic heterocycles. The van der Waals surface area contributed by atoms with Gasteiger partial charge >= 0.3 is 0 Å². The molecule has 0 aliphatic rings. The largest absolute Gasteiger partial charge is 0.392 e. The van der Waals surface area contributed by atoms with Crippen molar-refractivity contribution in [2.75, 3.05) is 6.54 Å². The van der Waals surface area contributed by atoms with Crippen LogP contribution in [0.4, 0.5) is 0 Å². The van der Waals surface area contributed by atoms with Crippen LogP contribution in [0, 0.1) is 6.92 Å². The van der Waals surface area contributed by atoms with E-state index in [2.05, 4.69) is 5.32 Å². The number of aliphatic hydroxyl groups excluding tert-OH is 2. The Labute approximate surface area is 103 Å². The van der Waals surface area contributed by atoms with Gasteiger partial charge in [0.1, 0.15) is 0 Å². The molecule has 0 bridgehead atoms. The van der Waals surface area contributed by atoms with E-state index in [0.29, 0.717) is 6.54 Å². The Hall–Kier alpha value is -0.900. The number of hydrogen-bond donors (Lipinski definition) is 3. The number of nitrogens with one attached hydrogen (secondary N) is 1. The summed E-state index contributed by atoms with van der Waals surface area (Å²) in [6.45, 7) is 6.29. The van der Waals surface area contributed by atoms with Crippen molar-refractivity contribution in [2.24, 2.45) is 0 Å². The van der Waals surface area contributed by atoms with Gasteiger partial charge in [-0.2, -0.15) is 0 Å². The van der Waals surface area contributed by atoms with Crippen molar-refractivity contribution in [3.05, 3.63) is 35.4 Å². The van der Waals surface area contributed by atoms with E-state index in [1.165, 1.54) is 5.56 Å². The summed E-state index contributed by atoms with van der Waals surface area (Å²) in [6, 6.07) is 7.88. The highest BCUT2D eigenvalue weighted by Crippen LogP contribution is 2.19. The van der Waals surface area contributed by atoms with E-state index in [4.69, 9.17) is 0 Å². The average molecular weight is 237 g/mol. The van der Waals surface area contributed by atoms with Crippen LogP contribution in [0.25, 0.3) is 0 Å². The van der Waals surface area contributed by atoms with Crippen molar-refractivity contribution in [1.29, 1.82) is 0 Å². The predicted octanol–water partition coefficient (Wildman–Crippen LogP) is 1.78. The van der Waals surface area contributed by atoms with E-state index in [1.54, 1.807) is 6.92 Å². The Morgan fingerprint density at radius 1 is 1.18 bits per heavy atom. The van der Waals surface area contributed by atoms with Crippen LogP contribution in [-0.2, 0) is 0 Å². The highest BCUT2D eigenvalue weighted by atomic mass is 16.3. The van der Waals surface area contributed by atoms with E-state index in [1.807, 2.05) is 38.1 Å². The molecule has 0 fully saturated rings. The monoisotopic (exact) mass is 237 g/mol. The van der Waals surface area contributed by atoms with Gasteiger partial charge in [-0.05, 0) is 25.8 Å². The van der Waals surface area contributed by atoms with Gasteiger partial charge in [0.15, 0.2) is 0 Å². The number of rotatable bonds is 6. The number of benzene rings is 1. The van der Waals surface area contributed by atoms with Gasteiger partial charge in [-0.15, -0.1) is 0 Å². The van der Waals surface area contributed by atoms with Gasteiger partial charge in [0.25, 0.3) is 0 Å². The SMILES string of the molecule is CCC(NCC(C)O)C(O)c1ccc(C)cc1. The van der Waals surface area contributed by atoms with Gasteiger partial charge in [0.2, 0.25) is 0 Å². The average Bonchev–Trinajstić information content (AvgIpc) is 2.30. The molecule has 0 amide bonds. The van der Waals surface area contributed by atoms with Crippen LogP contribution in [0.3, 0.4) is 0 Å². The Morgan fingerprint density at radius 3 is 2.24 bits per heavy atom. The Balaban J connectivity index is 2.64. The lowest BCUT2D eigenvalue weighted by Crippen LogP contribution is -2.38. The zero-order valence-electron chi connectivity index (χ0n) is 10.9. The molecule has 1 aromatic rings. The van der Waals surface area contributed by atoms with Gasteiger partial charge in [-0.25, -0.2) is 0 Å². The smallest absolute Gasteiger partial charge is 0.0942 e. The molecule has 0 radical (unpaired) electrons. The number of hydrogen-bond acceptors (Lipinski definition) is 3. The van der Waals surface area contributed by atoms with Crippen molar-refractivity contribution in [3.63, 3.8) is 0 Å². The van der Waals surface area contributed by atoms with Crippen LogP contribution in [-0.4, -0.2) is 28.9 Å². The van der Waals surface area contributed by atoms with E-state index in [-0.39, 0.29) is 6.04 Å². The number of aliphatic hydroxyl groups is 2. The summed E-state index contributed by atoms with van der Waals surface area (Å²) in [5, 5.41) is 22.7. The molecule has 17 heavy (non-hydrogen) atoms. The molecule has 3 heteroatoms. The van der Waals surface area contributed by atoms with Gasteiger partial charge < -0.3 is 15.5 Å². The molecule has 1 rings (SSSR count). The Morgan fingerprint density at radius 2 is 1.76 bits per heavy atom. The second kappa shape index (κ2) is 6.74. The zero-order valence-corrected chi connectivity index (χ0v) is 10.9. The van der Waals surface area contributed by atoms with Gasteiger partial charge in [0.05, 0.1) is 12.2 Å².